The number of nitrogen functional groups attached to an aromatic ring is 1. The standard InChI is InChI=1S/C25H27Cl2N3O5/c1-29(19(15-5-3-2-4-6-15)14-30-12-11-16(31)13-30)25(35)23(20(32)9-10-21(33)34)22-18(28)8-7-17(26)24(22)27/h2-10,16,19,23,31H,11-14,28H2,1H3,(H,33,34)/b10-9+/t16-,19+,23?/m0/s1. The Hall–Kier alpha value is -2.91. The van der Waals surface area contributed by atoms with Gasteiger partial charge in [0.25, 0.3) is 0 Å². The van der Waals surface area contributed by atoms with Gasteiger partial charge in [0, 0.05) is 44.0 Å². The van der Waals surface area contributed by atoms with Gasteiger partial charge in [-0.2, -0.15) is 0 Å². The smallest absolute Gasteiger partial charge is 0.328 e. The number of carboxylic acid groups (broad SMARTS) is 1. The van der Waals surface area contributed by atoms with Gasteiger partial charge >= 0.3 is 5.97 Å². The lowest BCUT2D eigenvalue weighted by Gasteiger charge is -2.34. The van der Waals surface area contributed by atoms with Gasteiger partial charge in [-0.15, -0.1) is 0 Å². The molecule has 1 amide bonds. The van der Waals surface area contributed by atoms with Crippen molar-refractivity contribution in [3.63, 3.8) is 0 Å². The molecule has 0 spiro atoms. The zero-order valence-electron chi connectivity index (χ0n) is 19.1. The molecule has 1 unspecified atom stereocenters. The third-order valence-electron chi connectivity index (χ3n) is 6.05. The predicted octanol–water partition coefficient (Wildman–Crippen LogP) is 3.14. The van der Waals surface area contributed by atoms with Gasteiger partial charge < -0.3 is 20.8 Å². The Kier molecular flexibility index (Phi) is 8.91. The average Bonchev–Trinajstić information content (AvgIpc) is 3.25. The molecule has 186 valence electrons. The van der Waals surface area contributed by atoms with Crippen LogP contribution in [0.1, 0.15) is 29.5 Å². The molecular formula is C25H27Cl2N3O5. The molecular weight excluding hydrogens is 493 g/mol. The fourth-order valence-corrected chi connectivity index (χ4v) is 4.66. The van der Waals surface area contributed by atoms with Crippen molar-refractivity contribution >= 4 is 46.5 Å². The van der Waals surface area contributed by atoms with E-state index in [0.717, 1.165) is 11.6 Å². The average molecular weight is 520 g/mol. The SMILES string of the molecule is CN(C(=O)C(C(=O)/C=C/C(=O)O)c1c(N)ccc(Cl)c1Cl)[C@H](CN1CC[C@H](O)C1)c1ccccc1. The number of rotatable bonds is 9. The van der Waals surface area contributed by atoms with Crippen molar-refractivity contribution < 1.29 is 24.6 Å². The minimum absolute atomic E-state index is 0.0273. The van der Waals surface area contributed by atoms with Crippen molar-refractivity contribution in [3.05, 3.63) is 75.8 Å². The van der Waals surface area contributed by atoms with E-state index in [9.17, 15) is 19.5 Å². The highest BCUT2D eigenvalue weighted by Crippen LogP contribution is 2.38. The Balaban J connectivity index is 2.04. The molecule has 1 aliphatic heterocycles. The van der Waals surface area contributed by atoms with Gasteiger partial charge in [0.05, 0.1) is 22.2 Å². The summed E-state index contributed by atoms with van der Waals surface area (Å²) >= 11 is 12.6. The molecule has 0 radical (unpaired) electrons. The molecule has 3 atom stereocenters. The lowest BCUT2D eigenvalue weighted by molar-refractivity contribution is -0.138. The molecule has 35 heavy (non-hydrogen) atoms. The molecule has 10 heteroatoms. The van der Waals surface area contributed by atoms with Crippen LogP contribution in [0.4, 0.5) is 5.69 Å². The number of hydrogen-bond donors (Lipinski definition) is 3. The van der Waals surface area contributed by atoms with Crippen molar-refractivity contribution in [2.45, 2.75) is 24.5 Å². The van der Waals surface area contributed by atoms with E-state index >= 15 is 0 Å². The molecule has 3 rings (SSSR count). The van der Waals surface area contributed by atoms with Crippen LogP contribution in [0.15, 0.2) is 54.6 Å². The Morgan fingerprint density at radius 1 is 1.17 bits per heavy atom. The first-order chi connectivity index (χ1) is 16.6. The van der Waals surface area contributed by atoms with Gasteiger partial charge in [-0.3, -0.25) is 14.5 Å². The summed E-state index contributed by atoms with van der Waals surface area (Å²) in [6, 6.07) is 11.7. The van der Waals surface area contributed by atoms with Crippen molar-refractivity contribution in [2.24, 2.45) is 0 Å². The second kappa shape index (κ2) is 11.7. The van der Waals surface area contributed by atoms with Crippen LogP contribution in [-0.4, -0.2) is 70.5 Å². The van der Waals surface area contributed by atoms with E-state index in [0.29, 0.717) is 32.1 Å². The van der Waals surface area contributed by atoms with Crippen molar-refractivity contribution in [3.8, 4) is 0 Å². The molecule has 8 nitrogen and oxygen atoms in total. The number of likely N-dealkylation sites (tertiary alicyclic amines) is 1. The van der Waals surface area contributed by atoms with Gasteiger partial charge in [-0.25, -0.2) is 4.79 Å². The topological polar surface area (TPSA) is 124 Å². The minimum Gasteiger partial charge on any atom is -0.478 e. The van der Waals surface area contributed by atoms with Gasteiger partial charge in [-0.05, 0) is 30.2 Å². The summed E-state index contributed by atoms with van der Waals surface area (Å²) in [5, 5.41) is 19.0. The Morgan fingerprint density at radius 2 is 1.86 bits per heavy atom. The molecule has 0 saturated carbocycles. The van der Waals surface area contributed by atoms with Gasteiger partial charge in [0.1, 0.15) is 5.92 Å². The van der Waals surface area contributed by atoms with E-state index < -0.39 is 35.7 Å². The number of ketones is 1. The number of aliphatic hydroxyl groups is 1. The first-order valence-electron chi connectivity index (χ1n) is 11.0. The lowest BCUT2D eigenvalue weighted by atomic mass is 9.90. The molecule has 2 aromatic rings. The van der Waals surface area contributed by atoms with Crippen LogP contribution < -0.4 is 5.73 Å². The van der Waals surface area contributed by atoms with Gasteiger partial charge in [0.2, 0.25) is 5.91 Å². The van der Waals surface area contributed by atoms with Crippen molar-refractivity contribution in [1.82, 2.24) is 9.80 Å². The summed E-state index contributed by atoms with van der Waals surface area (Å²) in [6.07, 6.45) is 1.68. The molecule has 0 bridgehead atoms. The van der Waals surface area contributed by atoms with Crippen LogP contribution in [0.2, 0.25) is 10.0 Å². The van der Waals surface area contributed by atoms with E-state index in [1.54, 1.807) is 7.05 Å². The number of benzene rings is 2. The number of hydrogen-bond acceptors (Lipinski definition) is 6. The van der Waals surface area contributed by atoms with Crippen molar-refractivity contribution in [2.75, 3.05) is 32.4 Å². The van der Waals surface area contributed by atoms with Crippen LogP contribution in [0.3, 0.4) is 0 Å². The molecule has 1 aliphatic rings. The second-order valence-electron chi connectivity index (χ2n) is 8.45. The monoisotopic (exact) mass is 519 g/mol. The fraction of sp³-hybridized carbons (Fsp3) is 0.320. The quantitative estimate of drug-likeness (QED) is 0.264. The number of nitrogens with two attached hydrogens (primary N) is 1. The zero-order valence-corrected chi connectivity index (χ0v) is 20.6. The number of anilines is 1. The molecule has 1 saturated heterocycles. The van der Waals surface area contributed by atoms with Crippen LogP contribution in [-0.2, 0) is 14.4 Å². The number of allylic oxidation sites excluding steroid dienone is 1. The highest BCUT2D eigenvalue weighted by Gasteiger charge is 2.37. The van der Waals surface area contributed by atoms with E-state index in [1.807, 2.05) is 35.2 Å². The van der Waals surface area contributed by atoms with E-state index in [1.165, 1.54) is 17.0 Å². The lowest BCUT2D eigenvalue weighted by Crippen LogP contribution is -2.42. The van der Waals surface area contributed by atoms with Crippen LogP contribution in [0.25, 0.3) is 0 Å². The third-order valence-corrected chi connectivity index (χ3v) is 6.87. The number of amides is 1. The van der Waals surface area contributed by atoms with Crippen LogP contribution >= 0.6 is 23.2 Å². The van der Waals surface area contributed by atoms with Crippen molar-refractivity contribution in [1.29, 1.82) is 0 Å². The maximum atomic E-state index is 13.9. The maximum absolute atomic E-state index is 13.9. The van der Waals surface area contributed by atoms with E-state index in [-0.39, 0.29) is 21.3 Å². The summed E-state index contributed by atoms with van der Waals surface area (Å²) in [7, 11) is 1.57. The number of likely N-dealkylation sites (N-methyl/N-ethyl adjacent to an activating group) is 1. The Bertz CT molecular complexity index is 1130. The molecule has 4 N–H and O–H groups in total. The molecule has 0 aromatic heterocycles. The number of halogens is 2. The first kappa shape index (κ1) is 26.7. The number of β-amino-alcohol motifs (C(OH)–C–C–N with tert-alkyl or cyclic N) is 1. The zero-order chi connectivity index (χ0) is 25.7. The number of carboxylic acids is 1. The number of carbonyl (C=O) groups excluding carboxylic acids is 2. The Labute approximate surface area is 213 Å². The third kappa shape index (κ3) is 6.41. The van der Waals surface area contributed by atoms with Gasteiger partial charge in [0.15, 0.2) is 5.78 Å². The number of nitrogens with zero attached hydrogens (tertiary/aromatic N) is 2. The molecule has 1 heterocycles. The van der Waals surface area contributed by atoms with Crippen LogP contribution in [0, 0.1) is 0 Å². The maximum Gasteiger partial charge on any atom is 0.328 e. The first-order valence-corrected chi connectivity index (χ1v) is 11.8. The second-order valence-corrected chi connectivity index (χ2v) is 9.23. The molecule has 2 aromatic carbocycles. The Morgan fingerprint density at radius 3 is 2.46 bits per heavy atom. The van der Waals surface area contributed by atoms with E-state index in [2.05, 4.69) is 0 Å². The number of aliphatic hydroxyl groups excluding tert-OH is 1. The highest BCUT2D eigenvalue weighted by atomic mass is 35.5. The normalized spacial score (nSPS) is 17.9. The molecule has 0 aliphatic carbocycles. The summed E-state index contributed by atoms with van der Waals surface area (Å²) in [6.45, 7) is 1.57. The summed E-state index contributed by atoms with van der Waals surface area (Å²) in [4.78, 5) is 41.6. The number of carbonyl (C=O) groups is 3. The fourth-order valence-electron chi connectivity index (χ4n) is 4.22. The summed E-state index contributed by atoms with van der Waals surface area (Å²) in [5.41, 5.74) is 7.06. The minimum atomic E-state index is -1.50. The van der Waals surface area contributed by atoms with Crippen LogP contribution in [0.5, 0.6) is 0 Å². The molecule has 1 fully saturated rings. The van der Waals surface area contributed by atoms with Gasteiger partial charge in [-0.1, -0.05) is 53.5 Å². The summed E-state index contributed by atoms with van der Waals surface area (Å²) < 4.78 is 0. The predicted molar refractivity (Wildman–Crippen MR) is 134 cm³/mol. The number of aliphatic carboxylic acids is 1. The summed E-state index contributed by atoms with van der Waals surface area (Å²) in [5.74, 6) is -4.24. The van der Waals surface area contributed by atoms with E-state index in [4.69, 9.17) is 34.0 Å². The highest BCUT2D eigenvalue weighted by molar-refractivity contribution is 6.43. The largest absolute Gasteiger partial charge is 0.478 e.